The van der Waals surface area contributed by atoms with Gasteiger partial charge in [0.2, 0.25) is 23.6 Å². The number of benzene rings is 6. The Morgan fingerprint density at radius 3 is 0.794 bits per heavy atom. The van der Waals surface area contributed by atoms with Crippen LogP contribution >= 0.6 is 0 Å². The van der Waals surface area contributed by atoms with E-state index >= 15 is 0 Å². The molecule has 5 N–H and O–H groups in total. The van der Waals surface area contributed by atoms with E-state index in [9.17, 15) is 71.9 Å². The second-order valence-corrected chi connectivity index (χ2v) is 32.1. The van der Waals surface area contributed by atoms with E-state index in [1.165, 1.54) is 6.42 Å². The first kappa shape index (κ1) is 111. The first-order chi connectivity index (χ1) is 62.2. The summed E-state index contributed by atoms with van der Waals surface area (Å²) in [6.07, 6.45) is 14.3. The Bertz CT molecular complexity index is 4690. The molecule has 6 aromatic carbocycles. The van der Waals surface area contributed by atoms with Gasteiger partial charge in [0, 0.05) is 90.0 Å². The lowest BCUT2D eigenvalue weighted by molar-refractivity contribution is -0.143. The summed E-state index contributed by atoms with van der Waals surface area (Å²) in [6, 6.07) is 52.7. The molecule has 0 aromatic heterocycles. The number of carbonyl (C=O) groups excluding carboxylic acids is 15. The smallest absolute Gasteiger partial charge is 0.331 e. The van der Waals surface area contributed by atoms with Crippen LogP contribution in [-0.2, 0) is 114 Å². The van der Waals surface area contributed by atoms with Crippen molar-refractivity contribution in [2.45, 2.75) is 210 Å². The topological polar surface area (TPSA) is 408 Å². The summed E-state index contributed by atoms with van der Waals surface area (Å²) in [7, 11) is 0. The van der Waals surface area contributed by atoms with Crippen molar-refractivity contribution >= 4 is 89.2 Å². The Labute approximate surface area is 767 Å². The minimum Gasteiger partial charge on any atom is -0.460 e. The van der Waals surface area contributed by atoms with Gasteiger partial charge in [0.15, 0.2) is 0 Å². The first-order valence-electron chi connectivity index (χ1n) is 43.3. The number of esters is 10. The number of ether oxygens (including phenoxy) is 10. The van der Waals surface area contributed by atoms with Gasteiger partial charge in [-0.3, -0.25) is 24.0 Å². The summed E-state index contributed by atoms with van der Waals surface area (Å²) in [5, 5.41) is 14.4. The van der Waals surface area contributed by atoms with Crippen LogP contribution in [0.25, 0.3) is 0 Å². The van der Waals surface area contributed by atoms with Gasteiger partial charge in [0.1, 0.15) is 33.0 Å². The lowest BCUT2D eigenvalue weighted by Gasteiger charge is -2.25. The molecule has 1 fully saturated rings. The van der Waals surface area contributed by atoms with E-state index in [4.69, 9.17) is 47.4 Å². The second-order valence-electron chi connectivity index (χ2n) is 32.1. The number of nitrogens with one attached hydrogen (secondary N) is 5. The molecule has 0 saturated heterocycles. The van der Waals surface area contributed by atoms with E-state index in [-0.39, 0.29) is 105 Å². The molecular formula is C101H127N5O25. The Morgan fingerprint density at radius 2 is 0.542 bits per heavy atom. The molecule has 5 atom stereocenters. The van der Waals surface area contributed by atoms with Gasteiger partial charge in [-0.25, -0.2) is 47.9 Å². The minimum absolute atomic E-state index is 0.000607. The molecule has 5 unspecified atom stereocenters. The Hall–Kier alpha value is -13.9. The zero-order valence-corrected chi connectivity index (χ0v) is 77.5. The molecule has 6 aromatic rings. The summed E-state index contributed by atoms with van der Waals surface area (Å²) < 4.78 is 50.4. The highest BCUT2D eigenvalue weighted by molar-refractivity contribution is 5.96. The zero-order valence-electron chi connectivity index (χ0n) is 77.5. The molecule has 131 heavy (non-hydrogen) atoms. The Kier molecular flexibility index (Phi) is 52.9. The summed E-state index contributed by atoms with van der Waals surface area (Å²) in [6.45, 7) is 27.7. The van der Waals surface area contributed by atoms with Crippen LogP contribution in [0.15, 0.2) is 243 Å². The molecule has 0 bridgehead atoms. The highest BCUT2D eigenvalue weighted by Crippen LogP contribution is 2.26. The summed E-state index contributed by atoms with van der Waals surface area (Å²) in [5.41, 5.74) is 4.07. The van der Waals surface area contributed by atoms with Gasteiger partial charge in [0.05, 0.1) is 60.7 Å². The number of hydrogen-bond donors (Lipinski definition) is 5. The Morgan fingerprint density at radius 1 is 0.305 bits per heavy atom. The fraction of sp³-hybridized carbons (Fsp3) is 0.396. The maximum Gasteiger partial charge on any atom is 0.331 e. The highest BCUT2D eigenvalue weighted by atomic mass is 16.6. The normalized spacial score (nSPS) is 13.0. The number of hydrogen-bond acceptors (Lipinski definition) is 25. The monoisotopic (exact) mass is 1810 g/mol. The van der Waals surface area contributed by atoms with Gasteiger partial charge in [0.25, 0.3) is 5.91 Å². The third-order valence-corrected chi connectivity index (χ3v) is 17.6. The molecule has 30 nitrogen and oxygen atoms in total. The van der Waals surface area contributed by atoms with Crippen molar-refractivity contribution in [3.63, 3.8) is 0 Å². The fourth-order valence-electron chi connectivity index (χ4n) is 11.1. The molecule has 0 heterocycles. The van der Waals surface area contributed by atoms with Crippen LogP contribution in [0.4, 0.5) is 0 Å². The quantitative estimate of drug-likeness (QED) is 0.0136. The van der Waals surface area contributed by atoms with Crippen LogP contribution < -0.4 is 26.6 Å². The maximum atomic E-state index is 12.6. The van der Waals surface area contributed by atoms with Crippen LogP contribution in [-0.4, -0.2) is 153 Å². The predicted molar refractivity (Wildman–Crippen MR) is 490 cm³/mol. The van der Waals surface area contributed by atoms with Crippen LogP contribution in [0.3, 0.4) is 0 Å². The lowest BCUT2D eigenvalue weighted by atomic mass is 9.88. The van der Waals surface area contributed by atoms with Crippen molar-refractivity contribution < 1.29 is 119 Å². The molecule has 7 rings (SSSR count). The molecular weight excluding hydrogens is 1680 g/mol. The molecule has 0 spiro atoms. The van der Waals surface area contributed by atoms with Crippen molar-refractivity contribution in [2.24, 2.45) is 17.3 Å². The molecule has 0 radical (unpaired) electrons. The average Bonchev–Trinajstić information content (AvgIpc) is 0.844. The van der Waals surface area contributed by atoms with E-state index in [2.05, 4.69) is 26.6 Å². The number of carbonyl (C=O) groups is 15. The first-order valence-corrected chi connectivity index (χ1v) is 43.3. The summed E-state index contributed by atoms with van der Waals surface area (Å²) in [4.78, 5) is 177. The molecule has 30 heteroatoms. The van der Waals surface area contributed by atoms with Crippen LogP contribution in [0, 0.1) is 17.3 Å². The molecule has 5 amide bonds. The van der Waals surface area contributed by atoms with Crippen LogP contribution in [0.1, 0.15) is 218 Å². The third-order valence-electron chi connectivity index (χ3n) is 17.6. The largest absolute Gasteiger partial charge is 0.460 e. The molecule has 0 aliphatic heterocycles. The predicted octanol–water partition coefficient (Wildman–Crippen LogP) is 14.5. The molecule has 1 aliphatic carbocycles. The van der Waals surface area contributed by atoms with Crippen molar-refractivity contribution in [3.8, 4) is 0 Å². The van der Waals surface area contributed by atoms with Gasteiger partial charge in [-0.05, 0) is 122 Å². The summed E-state index contributed by atoms with van der Waals surface area (Å²) in [5.74, 6) is -7.34. The highest BCUT2D eigenvalue weighted by Gasteiger charge is 2.28. The molecule has 1 saturated carbocycles. The van der Waals surface area contributed by atoms with Gasteiger partial charge < -0.3 is 74.0 Å². The third kappa shape index (κ3) is 51.0. The van der Waals surface area contributed by atoms with E-state index in [0.717, 1.165) is 114 Å². The summed E-state index contributed by atoms with van der Waals surface area (Å²) >= 11 is 0. The van der Waals surface area contributed by atoms with Crippen molar-refractivity contribution in [2.75, 3.05) is 33.0 Å². The number of rotatable bonds is 39. The lowest BCUT2D eigenvalue weighted by Crippen LogP contribution is -2.39. The van der Waals surface area contributed by atoms with E-state index in [1.807, 2.05) is 158 Å². The number of amides is 5. The minimum atomic E-state index is -0.699. The maximum absolute atomic E-state index is 12.6. The van der Waals surface area contributed by atoms with Crippen LogP contribution in [0.5, 0.6) is 0 Å². The van der Waals surface area contributed by atoms with Crippen molar-refractivity contribution in [1.82, 2.24) is 26.6 Å². The Balaban J connectivity index is 0.000000423. The van der Waals surface area contributed by atoms with Crippen molar-refractivity contribution in [1.29, 1.82) is 0 Å². The van der Waals surface area contributed by atoms with Gasteiger partial charge in [-0.1, -0.05) is 231 Å². The average molecular weight is 1810 g/mol. The van der Waals surface area contributed by atoms with E-state index < -0.39 is 95.3 Å². The standard InChI is InChI=1S/C22H29NO5.C22H23NO5.C20H27NO5.C19H25NO5.C18H23NO5/c2*1-16(2)28-21(25)14-13-20(24)27-15-19(17-9-5-3-6-10-17)23-22(26)18-11-7-4-8-12-18;1-14(2)26-18(23)12-11-17(22)25-13-16(15-9-7-6-8-10-15)21-19(24)20(3,4)5;1-13(2)19(23)20-16(15-8-6-5-7-9-15)12-24-17(21)10-11-18(22)25-14(3)4;1-4-16(20)19-15(14-8-6-5-7-9-14)12-23-17(21)10-11-18(22)24-13(2)3/h3,5-6,9-10,13-14,16,18-19H,4,7-8,11-12,15H2,1-2H3,(H,23,26);3-14,16,19H,15H2,1-2H3,(H,23,26);6-12,14,16H,13H2,1-5H3,(H,21,24);5-11,13-14,16H,12H2,1-4H3,(H,20,23);5-11,13,15H,4,12H2,1-3H3,(H,19,20)/b2*14-13+;12-11+;2*11-10+. The zero-order chi connectivity index (χ0) is 97.2. The SMILES string of the molecule is CC(C)OC(=O)/C=C/C(=O)OCC(NC(=O)C(C)(C)C)c1ccccc1.CC(C)OC(=O)/C=C/C(=O)OCC(NC(=O)C(C)C)c1ccccc1.CC(C)OC(=O)/C=C/C(=O)OCC(NC(=O)C1CCCCC1)c1ccccc1.CC(C)OC(=O)/C=C/C(=O)OCC(NC(=O)c1ccccc1)c1ccccc1.CCC(=O)NC(COC(=O)/C=C/C(=O)OC(C)C)c1ccccc1. The van der Waals surface area contributed by atoms with E-state index in [1.54, 1.807) is 135 Å². The molecule has 1 aliphatic rings. The van der Waals surface area contributed by atoms with Crippen LogP contribution in [0.2, 0.25) is 0 Å². The second kappa shape index (κ2) is 62.3. The van der Waals surface area contributed by atoms with Gasteiger partial charge in [-0.15, -0.1) is 0 Å². The molecule has 706 valence electrons. The van der Waals surface area contributed by atoms with Gasteiger partial charge >= 0.3 is 59.7 Å². The van der Waals surface area contributed by atoms with Crippen molar-refractivity contribution in [3.05, 3.63) is 276 Å². The fourth-order valence-corrected chi connectivity index (χ4v) is 11.1. The van der Waals surface area contributed by atoms with Gasteiger partial charge in [-0.2, -0.15) is 0 Å². The van der Waals surface area contributed by atoms with E-state index in [0.29, 0.717) is 12.0 Å².